The lowest BCUT2D eigenvalue weighted by Gasteiger charge is -2.07. The molecule has 4 aromatic rings. The first-order valence-electron chi connectivity index (χ1n) is 8.69. The van der Waals surface area contributed by atoms with Crippen LogP contribution < -0.4 is 10.1 Å². The number of para-hydroxylation sites is 1. The van der Waals surface area contributed by atoms with Crippen LogP contribution in [0, 0.1) is 0 Å². The molecule has 0 bridgehead atoms. The lowest BCUT2D eigenvalue weighted by molar-refractivity contribution is -0.142. The molecule has 2 aromatic carbocycles. The summed E-state index contributed by atoms with van der Waals surface area (Å²) < 4.78 is 16.6. The Kier molecular flexibility index (Phi) is 5.26. The van der Waals surface area contributed by atoms with Crippen molar-refractivity contribution in [2.24, 2.45) is 0 Å². The molecule has 0 aliphatic carbocycles. The zero-order valence-electron chi connectivity index (χ0n) is 15.4. The van der Waals surface area contributed by atoms with Gasteiger partial charge in [0.2, 0.25) is 0 Å². The third-order valence-electron chi connectivity index (χ3n) is 4.01. The second kappa shape index (κ2) is 8.15. The van der Waals surface area contributed by atoms with E-state index in [1.165, 1.54) is 18.4 Å². The van der Waals surface area contributed by atoms with Gasteiger partial charge in [-0.05, 0) is 36.4 Å². The summed E-state index contributed by atoms with van der Waals surface area (Å²) in [5.41, 5.74) is 1.40. The number of hydrogen-bond donors (Lipinski definition) is 1. The lowest BCUT2D eigenvalue weighted by Crippen LogP contribution is -2.13. The predicted molar refractivity (Wildman–Crippen MR) is 109 cm³/mol. The van der Waals surface area contributed by atoms with Crippen LogP contribution in [0.4, 0.5) is 5.69 Å². The standard InChI is InChI=1S/C21H16N2O5S/c1-26-19(24)12-27-14-6-4-5-13(11-14)22-20(25)16-9-10-17(28-16)21-23-15-7-2-3-8-18(15)29-21/h2-11H,12H2,1H3,(H,22,25). The molecule has 0 aliphatic rings. The van der Waals surface area contributed by atoms with Gasteiger partial charge in [-0.2, -0.15) is 0 Å². The average molecular weight is 408 g/mol. The van der Waals surface area contributed by atoms with Crippen LogP contribution >= 0.6 is 11.3 Å². The third-order valence-corrected chi connectivity index (χ3v) is 5.06. The summed E-state index contributed by atoms with van der Waals surface area (Å²) in [6, 6.07) is 17.8. The number of hydrogen-bond acceptors (Lipinski definition) is 7. The smallest absolute Gasteiger partial charge is 0.343 e. The fourth-order valence-electron chi connectivity index (χ4n) is 2.61. The Morgan fingerprint density at radius 3 is 2.79 bits per heavy atom. The number of ether oxygens (including phenoxy) is 2. The van der Waals surface area contributed by atoms with E-state index in [2.05, 4.69) is 15.0 Å². The van der Waals surface area contributed by atoms with E-state index in [1.54, 1.807) is 36.4 Å². The second-order valence-corrected chi connectivity index (χ2v) is 7.03. The summed E-state index contributed by atoms with van der Waals surface area (Å²) in [7, 11) is 1.29. The zero-order valence-corrected chi connectivity index (χ0v) is 16.2. The highest BCUT2D eigenvalue weighted by molar-refractivity contribution is 7.21. The van der Waals surface area contributed by atoms with E-state index in [1.807, 2.05) is 24.3 Å². The molecule has 146 valence electrons. The van der Waals surface area contributed by atoms with E-state index in [-0.39, 0.29) is 12.4 Å². The molecule has 7 nitrogen and oxygen atoms in total. The predicted octanol–water partition coefficient (Wildman–Crippen LogP) is 4.36. The molecule has 0 unspecified atom stereocenters. The van der Waals surface area contributed by atoms with E-state index in [4.69, 9.17) is 9.15 Å². The van der Waals surface area contributed by atoms with Crippen LogP contribution in [0.25, 0.3) is 21.0 Å². The number of rotatable bonds is 6. The molecule has 4 rings (SSSR count). The minimum Gasteiger partial charge on any atom is -0.482 e. The normalized spacial score (nSPS) is 10.7. The van der Waals surface area contributed by atoms with Gasteiger partial charge in [-0.25, -0.2) is 9.78 Å². The third kappa shape index (κ3) is 4.27. The number of thiazole rings is 1. The molecule has 2 heterocycles. The molecular formula is C21H16N2O5S. The number of fused-ring (bicyclic) bond motifs is 1. The van der Waals surface area contributed by atoms with Gasteiger partial charge in [0.25, 0.3) is 5.91 Å². The quantitative estimate of drug-likeness (QED) is 0.477. The van der Waals surface area contributed by atoms with Crippen LogP contribution in [0.2, 0.25) is 0 Å². The maximum atomic E-state index is 12.5. The van der Waals surface area contributed by atoms with Crippen LogP contribution in [0.5, 0.6) is 5.75 Å². The van der Waals surface area contributed by atoms with Gasteiger partial charge >= 0.3 is 5.97 Å². The summed E-state index contributed by atoms with van der Waals surface area (Å²) in [5.74, 6) is 0.245. The van der Waals surface area contributed by atoms with Crippen molar-refractivity contribution in [1.82, 2.24) is 4.98 Å². The maximum absolute atomic E-state index is 12.5. The SMILES string of the molecule is COC(=O)COc1cccc(NC(=O)c2ccc(-c3nc4ccccc4s3)o2)c1. The van der Waals surface area contributed by atoms with E-state index in [0.29, 0.717) is 22.2 Å². The molecule has 0 saturated carbocycles. The minimum atomic E-state index is -0.489. The molecule has 1 amide bonds. The maximum Gasteiger partial charge on any atom is 0.343 e. The Balaban J connectivity index is 1.46. The molecule has 8 heteroatoms. The van der Waals surface area contributed by atoms with Crippen molar-refractivity contribution in [3.05, 3.63) is 66.4 Å². The van der Waals surface area contributed by atoms with Gasteiger partial charge in [-0.3, -0.25) is 4.79 Å². The molecule has 0 aliphatic heterocycles. The summed E-state index contributed by atoms with van der Waals surface area (Å²) in [6.07, 6.45) is 0. The summed E-state index contributed by atoms with van der Waals surface area (Å²) in [5, 5.41) is 3.46. The number of benzene rings is 2. The van der Waals surface area contributed by atoms with E-state index in [0.717, 1.165) is 10.2 Å². The second-order valence-electron chi connectivity index (χ2n) is 6.00. The van der Waals surface area contributed by atoms with Gasteiger partial charge in [-0.1, -0.05) is 18.2 Å². The number of furan rings is 1. The molecular weight excluding hydrogens is 392 g/mol. The highest BCUT2D eigenvalue weighted by Gasteiger charge is 2.15. The van der Waals surface area contributed by atoms with Crippen LogP contribution in [0.1, 0.15) is 10.6 Å². The number of aromatic nitrogens is 1. The molecule has 2 aromatic heterocycles. The Hall–Kier alpha value is -3.65. The van der Waals surface area contributed by atoms with Crippen molar-refractivity contribution in [3.8, 4) is 16.5 Å². The molecule has 0 fully saturated rings. The molecule has 0 atom stereocenters. The summed E-state index contributed by atoms with van der Waals surface area (Å²) in [4.78, 5) is 28.2. The number of anilines is 1. The Bertz CT molecular complexity index is 1150. The monoisotopic (exact) mass is 408 g/mol. The Morgan fingerprint density at radius 2 is 1.97 bits per heavy atom. The first-order chi connectivity index (χ1) is 14.1. The number of esters is 1. The van der Waals surface area contributed by atoms with Gasteiger partial charge in [-0.15, -0.1) is 11.3 Å². The van der Waals surface area contributed by atoms with Crippen LogP contribution in [-0.2, 0) is 9.53 Å². The fourth-order valence-corrected chi connectivity index (χ4v) is 3.54. The number of amides is 1. The van der Waals surface area contributed by atoms with Crippen molar-refractivity contribution >= 4 is 39.1 Å². The minimum absolute atomic E-state index is 0.167. The number of nitrogens with zero attached hydrogens (tertiary/aromatic N) is 1. The molecule has 1 N–H and O–H groups in total. The topological polar surface area (TPSA) is 90.7 Å². The highest BCUT2D eigenvalue weighted by atomic mass is 32.1. The Morgan fingerprint density at radius 1 is 1.10 bits per heavy atom. The van der Waals surface area contributed by atoms with Crippen molar-refractivity contribution in [2.75, 3.05) is 19.0 Å². The van der Waals surface area contributed by atoms with Crippen molar-refractivity contribution in [3.63, 3.8) is 0 Å². The summed E-state index contributed by atoms with van der Waals surface area (Å²) in [6.45, 7) is -0.211. The number of carbonyl (C=O) groups excluding carboxylic acids is 2. The number of carbonyl (C=O) groups is 2. The Labute approximate surface area is 169 Å². The zero-order chi connectivity index (χ0) is 20.2. The average Bonchev–Trinajstić information content (AvgIpc) is 3.39. The van der Waals surface area contributed by atoms with E-state index in [9.17, 15) is 9.59 Å². The lowest BCUT2D eigenvalue weighted by atomic mass is 10.3. The fraction of sp³-hybridized carbons (Fsp3) is 0.0952. The summed E-state index contributed by atoms with van der Waals surface area (Å²) >= 11 is 1.50. The molecule has 0 radical (unpaired) electrons. The van der Waals surface area contributed by atoms with Gasteiger partial charge in [0, 0.05) is 11.8 Å². The van der Waals surface area contributed by atoms with Gasteiger partial charge in [0.15, 0.2) is 23.1 Å². The van der Waals surface area contributed by atoms with Crippen LogP contribution in [-0.4, -0.2) is 30.6 Å². The van der Waals surface area contributed by atoms with Gasteiger partial charge in [0.1, 0.15) is 5.75 Å². The van der Waals surface area contributed by atoms with E-state index < -0.39 is 11.9 Å². The first kappa shape index (κ1) is 18.7. The van der Waals surface area contributed by atoms with Gasteiger partial charge in [0.05, 0.1) is 17.3 Å². The van der Waals surface area contributed by atoms with Crippen molar-refractivity contribution in [2.45, 2.75) is 0 Å². The first-order valence-corrected chi connectivity index (χ1v) is 9.51. The number of methoxy groups -OCH3 is 1. The van der Waals surface area contributed by atoms with Gasteiger partial charge < -0.3 is 19.2 Å². The van der Waals surface area contributed by atoms with Crippen molar-refractivity contribution in [1.29, 1.82) is 0 Å². The van der Waals surface area contributed by atoms with Crippen LogP contribution in [0.3, 0.4) is 0 Å². The van der Waals surface area contributed by atoms with E-state index >= 15 is 0 Å². The molecule has 0 saturated heterocycles. The molecule has 29 heavy (non-hydrogen) atoms. The van der Waals surface area contributed by atoms with Crippen LogP contribution in [0.15, 0.2) is 65.1 Å². The van der Waals surface area contributed by atoms with Crippen molar-refractivity contribution < 1.29 is 23.5 Å². The number of nitrogens with one attached hydrogen (secondary N) is 1. The largest absolute Gasteiger partial charge is 0.482 e. The highest BCUT2D eigenvalue weighted by Crippen LogP contribution is 2.31. The molecule has 0 spiro atoms.